The van der Waals surface area contributed by atoms with Gasteiger partial charge in [0.15, 0.2) is 0 Å². The second kappa shape index (κ2) is 4.91. The summed E-state index contributed by atoms with van der Waals surface area (Å²) in [5, 5.41) is 6.05. The number of nitrogens with zero attached hydrogens (tertiary/aromatic N) is 1. The van der Waals surface area contributed by atoms with Gasteiger partial charge in [-0.05, 0) is 11.6 Å². The van der Waals surface area contributed by atoms with E-state index in [1.807, 2.05) is 18.2 Å². The van der Waals surface area contributed by atoms with E-state index < -0.39 is 0 Å². The molecule has 1 unspecified atom stereocenters. The van der Waals surface area contributed by atoms with Crippen molar-refractivity contribution in [2.75, 3.05) is 31.5 Å². The van der Waals surface area contributed by atoms with Crippen LogP contribution in [0, 0.1) is 0 Å². The third kappa shape index (κ3) is 2.41. The van der Waals surface area contributed by atoms with Crippen LogP contribution in [0.2, 0.25) is 0 Å². The average Bonchev–Trinajstić information content (AvgIpc) is 2.82. The lowest BCUT2D eigenvalue weighted by atomic mass is 9.97. The van der Waals surface area contributed by atoms with Crippen molar-refractivity contribution < 1.29 is 9.59 Å². The Kier molecular flexibility index (Phi) is 3.11. The lowest BCUT2D eigenvalue weighted by molar-refractivity contribution is -0.138. The highest BCUT2D eigenvalue weighted by atomic mass is 16.2. The number of carbonyl (C=O) groups excluding carboxylic acids is 2. The van der Waals surface area contributed by atoms with Crippen molar-refractivity contribution in [3.05, 3.63) is 29.8 Å². The maximum absolute atomic E-state index is 12.2. The van der Waals surface area contributed by atoms with Gasteiger partial charge in [0.05, 0.1) is 6.54 Å². The highest BCUT2D eigenvalue weighted by Crippen LogP contribution is 2.33. The van der Waals surface area contributed by atoms with Gasteiger partial charge in [-0.15, -0.1) is 0 Å². The van der Waals surface area contributed by atoms with Gasteiger partial charge in [0, 0.05) is 37.7 Å². The van der Waals surface area contributed by atoms with Crippen molar-refractivity contribution in [3.8, 4) is 0 Å². The van der Waals surface area contributed by atoms with E-state index in [4.69, 9.17) is 0 Å². The van der Waals surface area contributed by atoms with Gasteiger partial charge in [-0.3, -0.25) is 9.59 Å². The molecule has 1 aromatic rings. The molecule has 1 saturated heterocycles. The van der Waals surface area contributed by atoms with Crippen LogP contribution in [0.4, 0.5) is 5.69 Å². The molecule has 1 aromatic carbocycles. The Morgan fingerprint density at radius 2 is 2.16 bits per heavy atom. The lowest BCUT2D eigenvalue weighted by Crippen LogP contribution is -2.50. The van der Waals surface area contributed by atoms with Gasteiger partial charge >= 0.3 is 0 Å². The SMILES string of the molecule is O=C1CN(C(=O)CC2CNc3ccccc32)CCN1. The number of carbonyl (C=O) groups is 2. The maximum atomic E-state index is 12.2. The molecule has 100 valence electrons. The highest BCUT2D eigenvalue weighted by Gasteiger charge is 2.28. The number of anilines is 1. The predicted octanol–water partition coefficient (Wildman–Crippen LogP) is 0.544. The van der Waals surface area contributed by atoms with Crippen LogP contribution in [0.15, 0.2) is 24.3 Å². The molecule has 5 nitrogen and oxygen atoms in total. The van der Waals surface area contributed by atoms with Crippen molar-refractivity contribution in [2.24, 2.45) is 0 Å². The van der Waals surface area contributed by atoms with Crippen molar-refractivity contribution in [1.82, 2.24) is 10.2 Å². The number of benzene rings is 1. The first-order valence-corrected chi connectivity index (χ1v) is 6.61. The Balaban J connectivity index is 1.66. The molecule has 3 rings (SSSR count). The molecule has 5 heteroatoms. The quantitative estimate of drug-likeness (QED) is 0.815. The molecule has 19 heavy (non-hydrogen) atoms. The average molecular weight is 259 g/mol. The summed E-state index contributed by atoms with van der Waals surface area (Å²) < 4.78 is 0. The van der Waals surface area contributed by atoms with E-state index in [-0.39, 0.29) is 24.3 Å². The number of amides is 2. The van der Waals surface area contributed by atoms with Crippen LogP contribution in [0.1, 0.15) is 17.9 Å². The van der Waals surface area contributed by atoms with Crippen LogP contribution >= 0.6 is 0 Å². The summed E-state index contributed by atoms with van der Waals surface area (Å²) in [5.74, 6) is 0.219. The smallest absolute Gasteiger partial charge is 0.239 e. The van der Waals surface area contributed by atoms with E-state index in [1.165, 1.54) is 5.56 Å². The standard InChI is InChI=1S/C14H17N3O2/c18-13-9-17(6-5-15-13)14(19)7-10-8-16-12-4-2-1-3-11(10)12/h1-4,10,16H,5-9H2,(H,15,18). The molecule has 2 aliphatic heterocycles. The van der Waals surface area contributed by atoms with Crippen LogP contribution < -0.4 is 10.6 Å². The zero-order chi connectivity index (χ0) is 13.2. The van der Waals surface area contributed by atoms with Crippen LogP contribution in [0.5, 0.6) is 0 Å². The molecule has 2 amide bonds. The fourth-order valence-corrected chi connectivity index (χ4v) is 2.73. The summed E-state index contributed by atoms with van der Waals surface area (Å²) in [5.41, 5.74) is 2.33. The Hall–Kier alpha value is -2.04. The van der Waals surface area contributed by atoms with Gasteiger partial charge in [-0.25, -0.2) is 0 Å². The Labute approximate surface area is 112 Å². The number of nitrogens with one attached hydrogen (secondary N) is 2. The third-order valence-corrected chi connectivity index (χ3v) is 3.75. The Morgan fingerprint density at radius 1 is 1.32 bits per heavy atom. The third-order valence-electron chi connectivity index (χ3n) is 3.75. The summed E-state index contributed by atoms with van der Waals surface area (Å²) in [6.45, 7) is 2.17. The second-order valence-electron chi connectivity index (χ2n) is 5.03. The van der Waals surface area contributed by atoms with Crippen molar-refractivity contribution in [1.29, 1.82) is 0 Å². The van der Waals surface area contributed by atoms with Crippen LogP contribution in [-0.2, 0) is 9.59 Å². The van der Waals surface area contributed by atoms with Crippen molar-refractivity contribution in [3.63, 3.8) is 0 Å². The minimum atomic E-state index is -0.0652. The molecule has 0 radical (unpaired) electrons. The van der Waals surface area contributed by atoms with E-state index in [2.05, 4.69) is 16.7 Å². The zero-order valence-electron chi connectivity index (χ0n) is 10.7. The molecule has 0 aliphatic carbocycles. The summed E-state index contributed by atoms with van der Waals surface area (Å²) in [4.78, 5) is 25.2. The number of para-hydroxylation sites is 1. The largest absolute Gasteiger partial charge is 0.384 e. The molecule has 1 fully saturated rings. The Bertz CT molecular complexity index is 515. The number of hydrogen-bond acceptors (Lipinski definition) is 3. The number of piperazine rings is 1. The van der Waals surface area contributed by atoms with E-state index in [0.29, 0.717) is 19.5 Å². The molecule has 1 atom stereocenters. The first-order chi connectivity index (χ1) is 9.24. The predicted molar refractivity (Wildman–Crippen MR) is 71.9 cm³/mol. The number of rotatable bonds is 2. The summed E-state index contributed by atoms with van der Waals surface area (Å²) in [6, 6.07) is 8.09. The van der Waals surface area contributed by atoms with E-state index in [0.717, 1.165) is 12.2 Å². The first kappa shape index (κ1) is 12.0. The zero-order valence-corrected chi connectivity index (χ0v) is 10.7. The van der Waals surface area contributed by atoms with E-state index in [1.54, 1.807) is 4.90 Å². The van der Waals surface area contributed by atoms with Gasteiger partial charge in [0.2, 0.25) is 11.8 Å². The molecule has 0 saturated carbocycles. The van der Waals surface area contributed by atoms with Gasteiger partial charge in [-0.2, -0.15) is 0 Å². The highest BCUT2D eigenvalue weighted by molar-refractivity contribution is 5.86. The number of fused-ring (bicyclic) bond motifs is 1. The number of hydrogen-bond donors (Lipinski definition) is 2. The van der Waals surface area contributed by atoms with Crippen LogP contribution in [0.3, 0.4) is 0 Å². The molecule has 0 spiro atoms. The topological polar surface area (TPSA) is 61.4 Å². The van der Waals surface area contributed by atoms with Crippen LogP contribution in [-0.4, -0.2) is 42.9 Å². The van der Waals surface area contributed by atoms with E-state index >= 15 is 0 Å². The summed E-state index contributed by atoms with van der Waals surface area (Å²) >= 11 is 0. The minimum Gasteiger partial charge on any atom is -0.384 e. The molecule has 2 heterocycles. The summed E-state index contributed by atoms with van der Waals surface area (Å²) in [7, 11) is 0. The summed E-state index contributed by atoms with van der Waals surface area (Å²) in [6.07, 6.45) is 0.470. The normalized spacial score (nSPS) is 21.6. The molecule has 0 bridgehead atoms. The molecular weight excluding hydrogens is 242 g/mol. The van der Waals surface area contributed by atoms with Crippen LogP contribution in [0.25, 0.3) is 0 Å². The second-order valence-corrected chi connectivity index (χ2v) is 5.03. The molecule has 2 aliphatic rings. The lowest BCUT2D eigenvalue weighted by Gasteiger charge is -2.27. The van der Waals surface area contributed by atoms with Gasteiger partial charge in [-0.1, -0.05) is 18.2 Å². The van der Waals surface area contributed by atoms with E-state index in [9.17, 15) is 9.59 Å². The fraction of sp³-hybridized carbons (Fsp3) is 0.429. The van der Waals surface area contributed by atoms with Gasteiger partial charge in [0.1, 0.15) is 0 Å². The fourth-order valence-electron chi connectivity index (χ4n) is 2.73. The molecule has 0 aromatic heterocycles. The van der Waals surface area contributed by atoms with Crippen molar-refractivity contribution >= 4 is 17.5 Å². The van der Waals surface area contributed by atoms with Gasteiger partial charge < -0.3 is 15.5 Å². The monoisotopic (exact) mass is 259 g/mol. The van der Waals surface area contributed by atoms with Gasteiger partial charge in [0.25, 0.3) is 0 Å². The Morgan fingerprint density at radius 3 is 3.00 bits per heavy atom. The molecule has 2 N–H and O–H groups in total. The molecular formula is C14H17N3O2. The van der Waals surface area contributed by atoms with Crippen molar-refractivity contribution in [2.45, 2.75) is 12.3 Å². The maximum Gasteiger partial charge on any atom is 0.239 e. The minimum absolute atomic E-state index is 0.0652. The first-order valence-electron chi connectivity index (χ1n) is 6.61.